The van der Waals surface area contributed by atoms with Gasteiger partial charge in [0.15, 0.2) is 0 Å². The van der Waals surface area contributed by atoms with E-state index in [-0.39, 0.29) is 24.4 Å². The highest BCUT2D eigenvalue weighted by molar-refractivity contribution is 5.74. The number of nitrogens with zero attached hydrogens (tertiary/aromatic N) is 3. The van der Waals surface area contributed by atoms with E-state index in [9.17, 15) is 9.18 Å². The van der Waals surface area contributed by atoms with Crippen molar-refractivity contribution in [2.24, 2.45) is 5.92 Å². The van der Waals surface area contributed by atoms with E-state index in [2.05, 4.69) is 17.2 Å². The molecule has 1 aromatic heterocycles. The van der Waals surface area contributed by atoms with Gasteiger partial charge in [0, 0.05) is 25.5 Å². The van der Waals surface area contributed by atoms with Crippen LogP contribution in [0.25, 0.3) is 5.69 Å². The molecule has 3 aromatic rings. The molecule has 1 N–H and O–H groups in total. The van der Waals surface area contributed by atoms with Crippen LogP contribution in [0.5, 0.6) is 0 Å². The van der Waals surface area contributed by atoms with E-state index < -0.39 is 0 Å². The number of benzene rings is 2. The second-order valence-corrected chi connectivity index (χ2v) is 7.97. The van der Waals surface area contributed by atoms with E-state index in [4.69, 9.17) is 0 Å². The molecule has 0 radical (unpaired) electrons. The summed E-state index contributed by atoms with van der Waals surface area (Å²) in [5, 5.41) is 2.98. The smallest absolute Gasteiger partial charge is 0.318 e. The van der Waals surface area contributed by atoms with Crippen molar-refractivity contribution < 1.29 is 9.18 Å². The molecular formula is C24H27FN4O. The normalized spacial score (nSPS) is 14.4. The quantitative estimate of drug-likeness (QED) is 0.600. The molecule has 1 unspecified atom stereocenters. The highest BCUT2D eigenvalue weighted by atomic mass is 19.1. The number of carbonyl (C=O) groups excluding carboxylic acids is 1. The summed E-state index contributed by atoms with van der Waals surface area (Å²) in [6.07, 6.45) is 5.72. The molecule has 1 aliphatic carbocycles. The van der Waals surface area contributed by atoms with Crippen LogP contribution in [0.1, 0.15) is 42.8 Å². The first-order valence-electron chi connectivity index (χ1n) is 10.4. The lowest BCUT2D eigenvalue weighted by atomic mass is 10.1. The van der Waals surface area contributed by atoms with Crippen molar-refractivity contribution in [3.05, 3.63) is 83.7 Å². The number of halogens is 1. The number of aryl methyl sites for hydroxylation is 1. The molecule has 0 aliphatic heterocycles. The second-order valence-electron chi connectivity index (χ2n) is 7.97. The molecule has 1 aliphatic rings. The molecule has 2 amide bonds. The van der Waals surface area contributed by atoms with Crippen LogP contribution in [0, 0.1) is 18.7 Å². The monoisotopic (exact) mass is 406 g/mol. The van der Waals surface area contributed by atoms with Crippen LogP contribution in [0.4, 0.5) is 9.18 Å². The first-order valence-corrected chi connectivity index (χ1v) is 10.4. The van der Waals surface area contributed by atoms with Crippen LogP contribution < -0.4 is 5.32 Å². The van der Waals surface area contributed by atoms with E-state index in [1.807, 2.05) is 48.2 Å². The third-order valence-electron chi connectivity index (χ3n) is 5.70. The molecule has 0 spiro atoms. The lowest BCUT2D eigenvalue weighted by Gasteiger charge is -2.30. The Morgan fingerprint density at radius 2 is 2.03 bits per heavy atom. The van der Waals surface area contributed by atoms with Gasteiger partial charge in [-0.25, -0.2) is 14.2 Å². The van der Waals surface area contributed by atoms with Gasteiger partial charge >= 0.3 is 6.03 Å². The lowest BCUT2D eigenvalue weighted by molar-refractivity contribution is 0.175. The van der Waals surface area contributed by atoms with Gasteiger partial charge in [-0.3, -0.25) is 0 Å². The van der Waals surface area contributed by atoms with Crippen molar-refractivity contribution in [3.63, 3.8) is 0 Å². The van der Waals surface area contributed by atoms with Crippen molar-refractivity contribution in [1.82, 2.24) is 19.8 Å². The number of hydrogen-bond acceptors (Lipinski definition) is 2. The molecule has 1 heterocycles. The van der Waals surface area contributed by atoms with Gasteiger partial charge in [-0.05, 0) is 55.9 Å². The number of aromatic nitrogens is 2. The summed E-state index contributed by atoms with van der Waals surface area (Å²) in [7, 11) is 0. The maximum atomic E-state index is 14.6. The van der Waals surface area contributed by atoms with E-state index >= 15 is 0 Å². The minimum absolute atomic E-state index is 0.0184. The Bertz CT molecular complexity index is 1010. The summed E-state index contributed by atoms with van der Waals surface area (Å²) < 4.78 is 16.3. The van der Waals surface area contributed by atoms with Crippen molar-refractivity contribution in [1.29, 1.82) is 0 Å². The molecule has 5 nitrogen and oxygen atoms in total. The van der Waals surface area contributed by atoms with Crippen LogP contribution in [0.15, 0.2) is 60.9 Å². The Hall–Kier alpha value is -3.15. The van der Waals surface area contributed by atoms with Crippen LogP contribution in [0.3, 0.4) is 0 Å². The maximum Gasteiger partial charge on any atom is 0.318 e. The zero-order valence-corrected chi connectivity index (χ0v) is 17.4. The molecule has 0 saturated heterocycles. The number of amides is 2. The van der Waals surface area contributed by atoms with E-state index in [0.717, 1.165) is 23.5 Å². The van der Waals surface area contributed by atoms with Crippen molar-refractivity contribution in [3.8, 4) is 5.69 Å². The standard InChI is InChI=1S/C24H27FN4O/c1-17(21-6-4-3-5-7-21)29(16-19-8-9-19)24(30)27-15-20-10-11-23(22(25)14-20)28-13-12-26-18(28)2/h3-7,10-14,17,19H,8-9,15-16H2,1-2H3,(H,27,30). The number of nitrogens with one attached hydrogen (secondary N) is 1. The third kappa shape index (κ3) is 4.53. The van der Waals surface area contributed by atoms with E-state index in [1.165, 1.54) is 18.9 Å². The van der Waals surface area contributed by atoms with Gasteiger partial charge in [-0.1, -0.05) is 36.4 Å². The molecule has 2 aromatic carbocycles. The Morgan fingerprint density at radius 1 is 1.27 bits per heavy atom. The number of urea groups is 1. The average molecular weight is 407 g/mol. The molecule has 4 rings (SSSR count). The van der Waals surface area contributed by atoms with Gasteiger partial charge in [0.05, 0.1) is 11.7 Å². The first kappa shape index (κ1) is 20.1. The summed E-state index contributed by atoms with van der Waals surface area (Å²) in [6.45, 7) is 4.91. The van der Waals surface area contributed by atoms with Gasteiger partial charge < -0.3 is 14.8 Å². The van der Waals surface area contributed by atoms with Gasteiger partial charge in [0.1, 0.15) is 11.6 Å². The predicted octanol–water partition coefficient (Wildman–Crippen LogP) is 5.00. The fourth-order valence-electron chi connectivity index (χ4n) is 3.67. The van der Waals surface area contributed by atoms with E-state index in [0.29, 0.717) is 11.6 Å². The Kier molecular flexibility index (Phi) is 5.84. The Balaban J connectivity index is 1.44. The van der Waals surface area contributed by atoms with Gasteiger partial charge in [0.25, 0.3) is 0 Å². The zero-order valence-electron chi connectivity index (χ0n) is 17.4. The fourth-order valence-corrected chi connectivity index (χ4v) is 3.67. The molecule has 1 atom stereocenters. The lowest BCUT2D eigenvalue weighted by Crippen LogP contribution is -2.42. The summed E-state index contributed by atoms with van der Waals surface area (Å²) in [5.74, 6) is 0.966. The summed E-state index contributed by atoms with van der Waals surface area (Å²) in [4.78, 5) is 19.0. The molecule has 1 saturated carbocycles. The fraction of sp³-hybridized carbons (Fsp3) is 0.333. The minimum Gasteiger partial charge on any atom is -0.334 e. The van der Waals surface area contributed by atoms with Crippen molar-refractivity contribution in [2.75, 3.05) is 6.54 Å². The molecule has 0 bridgehead atoms. The van der Waals surface area contributed by atoms with Crippen LogP contribution in [-0.4, -0.2) is 27.0 Å². The Labute approximate surface area is 176 Å². The van der Waals surface area contributed by atoms with Crippen molar-refractivity contribution >= 4 is 6.03 Å². The van der Waals surface area contributed by atoms with Gasteiger partial charge in [0.2, 0.25) is 0 Å². The highest BCUT2D eigenvalue weighted by Gasteiger charge is 2.30. The van der Waals surface area contributed by atoms with Crippen LogP contribution in [0.2, 0.25) is 0 Å². The summed E-state index contributed by atoms with van der Waals surface area (Å²) in [6, 6.07) is 14.9. The van der Waals surface area contributed by atoms with Crippen LogP contribution >= 0.6 is 0 Å². The van der Waals surface area contributed by atoms with Crippen LogP contribution in [-0.2, 0) is 6.54 Å². The number of hydrogen-bond donors (Lipinski definition) is 1. The predicted molar refractivity (Wildman–Crippen MR) is 115 cm³/mol. The highest BCUT2D eigenvalue weighted by Crippen LogP contribution is 2.32. The molecule has 30 heavy (non-hydrogen) atoms. The molecule has 6 heteroatoms. The summed E-state index contributed by atoms with van der Waals surface area (Å²) in [5.41, 5.74) is 2.29. The first-order chi connectivity index (χ1) is 14.5. The largest absolute Gasteiger partial charge is 0.334 e. The molecule has 156 valence electrons. The third-order valence-corrected chi connectivity index (χ3v) is 5.70. The number of carbonyl (C=O) groups is 1. The topological polar surface area (TPSA) is 50.2 Å². The SMILES string of the molecule is Cc1nccn1-c1ccc(CNC(=O)N(CC2CC2)C(C)c2ccccc2)cc1F. The minimum atomic E-state index is -0.338. The molecule has 1 fully saturated rings. The van der Waals surface area contributed by atoms with Gasteiger partial charge in [-0.15, -0.1) is 0 Å². The summed E-state index contributed by atoms with van der Waals surface area (Å²) >= 11 is 0. The second kappa shape index (κ2) is 8.69. The maximum absolute atomic E-state index is 14.6. The van der Waals surface area contributed by atoms with E-state index in [1.54, 1.807) is 23.0 Å². The van der Waals surface area contributed by atoms with Crippen molar-refractivity contribution in [2.45, 2.75) is 39.3 Å². The number of rotatable bonds is 7. The number of imidazole rings is 1. The molecular weight excluding hydrogens is 379 g/mol. The van der Waals surface area contributed by atoms with Gasteiger partial charge in [-0.2, -0.15) is 0 Å². The zero-order chi connectivity index (χ0) is 21.1. The Morgan fingerprint density at radius 3 is 2.67 bits per heavy atom. The average Bonchev–Trinajstić information content (AvgIpc) is 3.49.